The molecule has 0 fully saturated rings. The first-order valence-electron chi connectivity index (χ1n) is 5.00. The summed E-state index contributed by atoms with van der Waals surface area (Å²) in [5.41, 5.74) is 0.864. The van der Waals surface area contributed by atoms with Gasteiger partial charge in [0.05, 0.1) is 5.57 Å². The number of benzene rings is 1. The number of carbonyl (C=O) groups excluding carboxylic acids is 3. The van der Waals surface area contributed by atoms with Gasteiger partial charge in [-0.2, -0.15) is 0 Å². The number of para-hydroxylation sites is 1. The summed E-state index contributed by atoms with van der Waals surface area (Å²) in [6.07, 6.45) is 2.63. The molecule has 0 bridgehead atoms. The number of allylic oxidation sites excluding steroid dienone is 2. The van der Waals surface area contributed by atoms with Gasteiger partial charge in [-0.05, 0) is 12.1 Å². The zero-order chi connectivity index (χ0) is 12.0. The lowest BCUT2D eigenvalue weighted by Gasteiger charge is -2.21. The van der Waals surface area contributed by atoms with E-state index >= 15 is 0 Å². The molecule has 4 nitrogen and oxygen atoms in total. The minimum atomic E-state index is -1.01. The molecule has 3 rings (SSSR count). The topological polar surface area (TPSA) is 60.4 Å². The van der Waals surface area contributed by atoms with Gasteiger partial charge in [0.15, 0.2) is 0 Å². The third-order valence-corrected chi connectivity index (χ3v) is 2.64. The first kappa shape index (κ1) is 9.72. The van der Waals surface area contributed by atoms with Gasteiger partial charge in [-0.15, -0.1) is 0 Å². The van der Waals surface area contributed by atoms with Crippen LogP contribution in [-0.4, -0.2) is 17.3 Å². The van der Waals surface area contributed by atoms with Crippen LogP contribution in [0.2, 0.25) is 0 Å². The molecule has 0 spiro atoms. The molecule has 0 saturated carbocycles. The number of ether oxygens (including phenoxy) is 1. The number of fused-ring (bicyclic) bond motifs is 2. The second-order valence-corrected chi connectivity index (χ2v) is 3.73. The van der Waals surface area contributed by atoms with Crippen LogP contribution in [0, 0.1) is 0 Å². The van der Waals surface area contributed by atoms with Gasteiger partial charge < -0.3 is 4.74 Å². The summed E-state index contributed by atoms with van der Waals surface area (Å²) in [6.45, 7) is 0. The van der Waals surface area contributed by atoms with Gasteiger partial charge in [-0.25, -0.2) is 0 Å². The standard InChI is InChI=1S/C13H6O4/c14-9-6-11-8(12(15)13(9)16)5-7-3-1-2-4-10(7)17-11/h1-6H. The Bertz CT molecular complexity index is 635. The van der Waals surface area contributed by atoms with Gasteiger partial charge in [-0.1, -0.05) is 18.2 Å². The number of rotatable bonds is 0. The van der Waals surface area contributed by atoms with Crippen LogP contribution in [0.5, 0.6) is 5.75 Å². The van der Waals surface area contributed by atoms with Crippen molar-refractivity contribution < 1.29 is 19.1 Å². The van der Waals surface area contributed by atoms with Crippen LogP contribution in [0.1, 0.15) is 5.56 Å². The third-order valence-electron chi connectivity index (χ3n) is 2.64. The molecule has 17 heavy (non-hydrogen) atoms. The van der Waals surface area contributed by atoms with E-state index < -0.39 is 17.3 Å². The number of carbonyl (C=O) groups is 3. The second kappa shape index (κ2) is 3.25. The van der Waals surface area contributed by atoms with Crippen molar-refractivity contribution in [3.8, 4) is 5.75 Å². The minimum Gasteiger partial charge on any atom is -0.456 e. The Hall–Kier alpha value is -2.49. The Morgan fingerprint density at radius 2 is 1.65 bits per heavy atom. The Morgan fingerprint density at radius 3 is 2.47 bits per heavy atom. The summed E-state index contributed by atoms with van der Waals surface area (Å²) >= 11 is 0. The van der Waals surface area contributed by atoms with Gasteiger partial charge >= 0.3 is 0 Å². The molecule has 0 N–H and O–H groups in total. The van der Waals surface area contributed by atoms with E-state index in [2.05, 4.69) is 0 Å². The Balaban J connectivity index is 2.22. The maximum absolute atomic E-state index is 11.6. The van der Waals surface area contributed by atoms with Crippen LogP contribution in [0.25, 0.3) is 6.08 Å². The zero-order valence-electron chi connectivity index (χ0n) is 8.60. The first-order chi connectivity index (χ1) is 8.16. The molecule has 1 aromatic rings. The quantitative estimate of drug-likeness (QED) is 0.621. The lowest BCUT2D eigenvalue weighted by Crippen LogP contribution is -2.31. The highest BCUT2D eigenvalue weighted by Gasteiger charge is 2.35. The largest absolute Gasteiger partial charge is 0.456 e. The Labute approximate surface area is 96.2 Å². The highest BCUT2D eigenvalue weighted by atomic mass is 16.5. The fourth-order valence-corrected chi connectivity index (χ4v) is 1.80. The highest BCUT2D eigenvalue weighted by molar-refractivity contribution is 6.71. The molecule has 0 saturated heterocycles. The van der Waals surface area contributed by atoms with Crippen molar-refractivity contribution in [3.05, 3.63) is 47.2 Å². The molecule has 2 aliphatic rings. The van der Waals surface area contributed by atoms with Gasteiger partial charge in [0.2, 0.25) is 11.6 Å². The second-order valence-electron chi connectivity index (χ2n) is 3.73. The van der Waals surface area contributed by atoms with E-state index in [0.717, 1.165) is 11.6 Å². The average Bonchev–Trinajstić information content (AvgIpc) is 2.34. The van der Waals surface area contributed by atoms with E-state index in [4.69, 9.17) is 4.74 Å². The lowest BCUT2D eigenvalue weighted by molar-refractivity contribution is -0.141. The van der Waals surface area contributed by atoms with Crippen LogP contribution in [0.4, 0.5) is 0 Å². The summed E-state index contributed by atoms with van der Waals surface area (Å²) in [6, 6.07) is 7.09. The SMILES string of the molecule is O=C1C=C2Oc3ccccc3C=C2C(=O)C1=O. The van der Waals surface area contributed by atoms with Crippen molar-refractivity contribution >= 4 is 23.4 Å². The Kier molecular flexibility index (Phi) is 1.86. The third kappa shape index (κ3) is 1.34. The van der Waals surface area contributed by atoms with E-state index in [1.165, 1.54) is 0 Å². The molecule has 1 aromatic carbocycles. The predicted molar refractivity (Wildman–Crippen MR) is 58.2 cm³/mol. The molecule has 0 amide bonds. The molecule has 0 unspecified atom stereocenters. The van der Waals surface area contributed by atoms with E-state index in [-0.39, 0.29) is 11.3 Å². The molecule has 82 valence electrons. The normalized spacial score (nSPS) is 17.8. The highest BCUT2D eigenvalue weighted by Crippen LogP contribution is 2.33. The predicted octanol–water partition coefficient (Wildman–Crippen LogP) is 1.07. The molecule has 1 aliphatic carbocycles. The fourth-order valence-electron chi connectivity index (χ4n) is 1.80. The van der Waals surface area contributed by atoms with Gasteiger partial charge in [0.25, 0.3) is 5.78 Å². The summed E-state index contributed by atoms with van der Waals surface area (Å²) in [5, 5.41) is 0. The number of ketones is 3. The molecule has 1 aliphatic heterocycles. The molecule has 0 atom stereocenters. The van der Waals surface area contributed by atoms with Gasteiger partial charge in [0.1, 0.15) is 11.5 Å². The molecule has 0 aromatic heterocycles. The lowest BCUT2D eigenvalue weighted by atomic mass is 9.92. The maximum atomic E-state index is 11.6. The average molecular weight is 226 g/mol. The summed E-state index contributed by atoms with van der Waals surface area (Å²) in [4.78, 5) is 34.1. The van der Waals surface area contributed by atoms with Crippen molar-refractivity contribution in [1.29, 1.82) is 0 Å². The number of hydrogen-bond acceptors (Lipinski definition) is 4. The van der Waals surface area contributed by atoms with Crippen LogP contribution in [0.15, 0.2) is 41.7 Å². The van der Waals surface area contributed by atoms with Crippen molar-refractivity contribution in [2.75, 3.05) is 0 Å². The number of hydrogen-bond donors (Lipinski definition) is 0. The molecular weight excluding hydrogens is 220 g/mol. The monoisotopic (exact) mass is 226 g/mol. The van der Waals surface area contributed by atoms with Crippen molar-refractivity contribution in [2.45, 2.75) is 0 Å². The zero-order valence-corrected chi connectivity index (χ0v) is 8.60. The molecule has 1 heterocycles. The van der Waals surface area contributed by atoms with Crippen molar-refractivity contribution in [1.82, 2.24) is 0 Å². The van der Waals surface area contributed by atoms with Crippen LogP contribution in [-0.2, 0) is 14.4 Å². The van der Waals surface area contributed by atoms with Gasteiger partial charge in [0, 0.05) is 11.6 Å². The summed E-state index contributed by atoms with van der Waals surface area (Å²) in [5.74, 6) is -1.93. The number of Topliss-reactive ketones (excluding diaryl/α,β-unsaturated/α-hetero) is 2. The van der Waals surface area contributed by atoms with Crippen LogP contribution >= 0.6 is 0 Å². The van der Waals surface area contributed by atoms with Gasteiger partial charge in [-0.3, -0.25) is 14.4 Å². The van der Waals surface area contributed by atoms with E-state index in [9.17, 15) is 14.4 Å². The summed E-state index contributed by atoms with van der Waals surface area (Å²) in [7, 11) is 0. The van der Waals surface area contributed by atoms with E-state index in [1.807, 2.05) is 0 Å². The van der Waals surface area contributed by atoms with Crippen molar-refractivity contribution in [3.63, 3.8) is 0 Å². The molecular formula is C13H6O4. The molecule has 0 radical (unpaired) electrons. The molecule has 4 heteroatoms. The van der Waals surface area contributed by atoms with E-state index in [0.29, 0.717) is 5.75 Å². The Morgan fingerprint density at radius 1 is 0.882 bits per heavy atom. The van der Waals surface area contributed by atoms with Crippen LogP contribution in [0.3, 0.4) is 0 Å². The smallest absolute Gasteiger partial charge is 0.273 e. The first-order valence-corrected chi connectivity index (χ1v) is 5.00. The summed E-state index contributed by atoms with van der Waals surface area (Å²) < 4.78 is 5.42. The minimum absolute atomic E-state index is 0.147. The fraction of sp³-hybridized carbons (Fsp3) is 0. The van der Waals surface area contributed by atoms with Crippen molar-refractivity contribution in [2.24, 2.45) is 0 Å². The van der Waals surface area contributed by atoms with E-state index in [1.54, 1.807) is 30.3 Å². The maximum Gasteiger partial charge on any atom is 0.273 e. The van der Waals surface area contributed by atoms with Crippen LogP contribution < -0.4 is 4.74 Å².